The summed E-state index contributed by atoms with van der Waals surface area (Å²) in [5.74, 6) is 3.82. The first-order valence-electron chi connectivity index (χ1n) is 7.25. The van der Waals surface area contributed by atoms with E-state index in [1.807, 2.05) is 0 Å². The normalized spacial score (nSPS) is 37.7. The number of nitrogens with one attached hydrogen (secondary N) is 1. The van der Waals surface area contributed by atoms with Crippen molar-refractivity contribution < 1.29 is 0 Å². The Kier molecular flexibility index (Phi) is 2.51. The van der Waals surface area contributed by atoms with Gasteiger partial charge in [0.25, 0.3) is 0 Å². The Morgan fingerprint density at radius 1 is 1.28 bits per heavy atom. The zero-order valence-electron chi connectivity index (χ0n) is 10.8. The molecule has 1 N–H and O–H groups in total. The van der Waals surface area contributed by atoms with Crippen LogP contribution in [0.15, 0.2) is 4.47 Å². The van der Waals surface area contributed by atoms with Gasteiger partial charge in [0, 0.05) is 18.5 Å². The third-order valence-corrected chi connectivity index (χ3v) is 5.95. The van der Waals surface area contributed by atoms with E-state index in [9.17, 15) is 0 Å². The van der Waals surface area contributed by atoms with Crippen molar-refractivity contribution in [3.05, 3.63) is 10.2 Å². The summed E-state index contributed by atoms with van der Waals surface area (Å²) in [5, 5.41) is 8.46. The lowest BCUT2D eigenvalue weighted by atomic mass is 9.86. The van der Waals surface area contributed by atoms with Crippen LogP contribution in [-0.2, 0) is 6.54 Å². The number of halogens is 1. The summed E-state index contributed by atoms with van der Waals surface area (Å²) in [7, 11) is 0. The van der Waals surface area contributed by atoms with Gasteiger partial charge in [-0.3, -0.25) is 0 Å². The average molecular weight is 310 g/mol. The lowest BCUT2D eigenvalue weighted by Gasteiger charge is -2.22. The predicted molar refractivity (Wildman–Crippen MR) is 75.8 cm³/mol. The third-order valence-electron chi connectivity index (χ3n) is 5.17. The Morgan fingerprint density at radius 2 is 2.17 bits per heavy atom. The minimum atomic E-state index is 0.568. The highest BCUT2D eigenvalue weighted by Gasteiger charge is 2.42. The van der Waals surface area contributed by atoms with Crippen molar-refractivity contribution in [1.82, 2.24) is 9.78 Å². The monoisotopic (exact) mass is 309 g/mol. The predicted octanol–water partition coefficient (Wildman–Crippen LogP) is 3.75. The van der Waals surface area contributed by atoms with Crippen LogP contribution in [0.4, 0.5) is 5.82 Å². The molecule has 3 nitrogen and oxygen atoms in total. The molecular formula is C14H20BrN3. The fraction of sp³-hybridized carbons (Fsp3) is 0.786. The van der Waals surface area contributed by atoms with Crippen molar-refractivity contribution in [3.63, 3.8) is 0 Å². The molecule has 98 valence electrons. The summed E-state index contributed by atoms with van der Waals surface area (Å²) in [6, 6.07) is 0.568. The van der Waals surface area contributed by atoms with Crippen molar-refractivity contribution in [1.29, 1.82) is 0 Å². The summed E-state index contributed by atoms with van der Waals surface area (Å²) in [4.78, 5) is 0. The van der Waals surface area contributed by atoms with E-state index in [0.29, 0.717) is 12.0 Å². The van der Waals surface area contributed by atoms with E-state index in [1.165, 1.54) is 48.1 Å². The summed E-state index contributed by atoms with van der Waals surface area (Å²) < 4.78 is 3.41. The van der Waals surface area contributed by atoms with Crippen LogP contribution in [0, 0.1) is 11.8 Å². The minimum Gasteiger partial charge on any atom is -0.367 e. The van der Waals surface area contributed by atoms with Gasteiger partial charge in [-0.15, -0.1) is 0 Å². The maximum Gasteiger partial charge on any atom is 0.139 e. The average Bonchev–Trinajstić information content (AvgIpc) is 3.04. The molecule has 0 saturated heterocycles. The fourth-order valence-electron chi connectivity index (χ4n) is 4.20. The number of anilines is 1. The number of aryl methyl sites for hydroxylation is 1. The van der Waals surface area contributed by atoms with Crippen LogP contribution in [0.3, 0.4) is 0 Å². The number of aromatic nitrogens is 2. The van der Waals surface area contributed by atoms with Crippen LogP contribution in [0.25, 0.3) is 0 Å². The van der Waals surface area contributed by atoms with Gasteiger partial charge in [0.2, 0.25) is 0 Å². The lowest BCUT2D eigenvalue weighted by molar-refractivity contribution is 0.406. The number of rotatable bonds is 1. The van der Waals surface area contributed by atoms with Gasteiger partial charge in [0.1, 0.15) is 5.82 Å². The Bertz CT molecular complexity index is 482. The van der Waals surface area contributed by atoms with Crippen molar-refractivity contribution in [2.45, 2.75) is 57.5 Å². The van der Waals surface area contributed by atoms with Gasteiger partial charge in [-0.25, -0.2) is 4.68 Å². The molecule has 4 rings (SSSR count). The summed E-state index contributed by atoms with van der Waals surface area (Å²) in [6.07, 6.45) is 6.88. The zero-order valence-corrected chi connectivity index (χ0v) is 12.4. The van der Waals surface area contributed by atoms with Crippen molar-refractivity contribution >= 4 is 21.7 Å². The molecule has 2 aliphatic carbocycles. The molecule has 0 spiro atoms. The molecule has 1 aromatic rings. The Morgan fingerprint density at radius 3 is 2.89 bits per heavy atom. The molecule has 3 aliphatic rings. The van der Waals surface area contributed by atoms with Gasteiger partial charge in [0.05, 0.1) is 10.2 Å². The van der Waals surface area contributed by atoms with Crippen LogP contribution in [0.2, 0.25) is 0 Å². The molecule has 4 unspecified atom stereocenters. The van der Waals surface area contributed by atoms with Crippen LogP contribution in [-0.4, -0.2) is 15.8 Å². The van der Waals surface area contributed by atoms with Gasteiger partial charge in [-0.2, -0.15) is 5.10 Å². The second kappa shape index (κ2) is 3.99. The Balaban J connectivity index is 1.70. The van der Waals surface area contributed by atoms with E-state index in [-0.39, 0.29) is 0 Å². The molecule has 2 fully saturated rings. The highest BCUT2D eigenvalue weighted by Crippen LogP contribution is 2.54. The van der Waals surface area contributed by atoms with Crippen molar-refractivity contribution in [2.24, 2.45) is 11.8 Å². The SMILES string of the molecule is CC1CCn2nc(C3CC4CCC3C4)c(Br)c2N1. The smallest absolute Gasteiger partial charge is 0.139 e. The molecule has 0 aromatic carbocycles. The number of hydrogen-bond acceptors (Lipinski definition) is 2. The summed E-state index contributed by atoms with van der Waals surface area (Å²) >= 11 is 3.80. The Hall–Kier alpha value is -0.510. The zero-order chi connectivity index (χ0) is 12.3. The van der Waals surface area contributed by atoms with E-state index in [0.717, 1.165) is 18.4 Å². The highest BCUT2D eigenvalue weighted by molar-refractivity contribution is 9.10. The fourth-order valence-corrected chi connectivity index (χ4v) is 4.89. The lowest BCUT2D eigenvalue weighted by Crippen LogP contribution is -2.26. The van der Waals surface area contributed by atoms with E-state index < -0.39 is 0 Å². The molecule has 4 atom stereocenters. The van der Waals surface area contributed by atoms with Gasteiger partial charge in [-0.05, 0) is 60.4 Å². The molecule has 1 aliphatic heterocycles. The van der Waals surface area contributed by atoms with Crippen LogP contribution < -0.4 is 5.32 Å². The topological polar surface area (TPSA) is 29.9 Å². The van der Waals surface area contributed by atoms with Gasteiger partial charge >= 0.3 is 0 Å². The molecule has 0 radical (unpaired) electrons. The molecule has 4 heteroatoms. The summed E-state index contributed by atoms with van der Waals surface area (Å²) in [6.45, 7) is 3.31. The molecule has 2 bridgehead atoms. The molecule has 1 aromatic heterocycles. The van der Waals surface area contributed by atoms with Crippen LogP contribution in [0.1, 0.15) is 50.6 Å². The van der Waals surface area contributed by atoms with Gasteiger partial charge in [0.15, 0.2) is 0 Å². The molecule has 2 saturated carbocycles. The first kappa shape index (κ1) is 11.3. The quantitative estimate of drug-likeness (QED) is 0.856. The van der Waals surface area contributed by atoms with E-state index >= 15 is 0 Å². The molecule has 0 amide bonds. The minimum absolute atomic E-state index is 0.568. The number of nitrogens with zero attached hydrogens (tertiary/aromatic N) is 2. The standard InChI is InChI=1S/C14H20BrN3/c1-8-4-5-18-14(16-8)12(15)13(17-18)11-7-9-2-3-10(11)6-9/h8-11,16H,2-7H2,1H3. The third kappa shape index (κ3) is 1.57. The van der Waals surface area contributed by atoms with E-state index in [2.05, 4.69) is 32.9 Å². The second-order valence-corrected chi connectivity index (χ2v) is 7.18. The van der Waals surface area contributed by atoms with Gasteiger partial charge < -0.3 is 5.32 Å². The molecule has 2 heterocycles. The van der Waals surface area contributed by atoms with E-state index in [4.69, 9.17) is 5.10 Å². The second-order valence-electron chi connectivity index (χ2n) is 6.39. The maximum absolute atomic E-state index is 4.89. The number of fused-ring (bicyclic) bond motifs is 3. The van der Waals surface area contributed by atoms with Gasteiger partial charge in [-0.1, -0.05) is 6.42 Å². The first-order valence-corrected chi connectivity index (χ1v) is 8.04. The van der Waals surface area contributed by atoms with Crippen LogP contribution in [0.5, 0.6) is 0 Å². The van der Waals surface area contributed by atoms with Crippen molar-refractivity contribution in [2.75, 3.05) is 5.32 Å². The summed E-state index contributed by atoms with van der Waals surface area (Å²) in [5.41, 5.74) is 1.33. The number of hydrogen-bond donors (Lipinski definition) is 1. The Labute approximate surface area is 116 Å². The van der Waals surface area contributed by atoms with Crippen molar-refractivity contribution in [3.8, 4) is 0 Å². The highest BCUT2D eigenvalue weighted by atomic mass is 79.9. The maximum atomic E-state index is 4.89. The van der Waals surface area contributed by atoms with E-state index in [1.54, 1.807) is 0 Å². The largest absolute Gasteiger partial charge is 0.367 e. The molecular weight excluding hydrogens is 290 g/mol. The van der Waals surface area contributed by atoms with Crippen LogP contribution >= 0.6 is 15.9 Å². The first-order chi connectivity index (χ1) is 8.72. The molecule has 18 heavy (non-hydrogen) atoms.